The van der Waals surface area contributed by atoms with Crippen LogP contribution in [0.15, 0.2) is 47.4 Å². The smallest absolute Gasteiger partial charge is 0.262 e. The van der Waals surface area contributed by atoms with Gasteiger partial charge in [-0.25, -0.2) is 8.42 Å². The Morgan fingerprint density at radius 2 is 1.81 bits per heavy atom. The number of hydrogen-bond donors (Lipinski definition) is 1. The van der Waals surface area contributed by atoms with Crippen molar-refractivity contribution in [3.05, 3.63) is 53.6 Å². The third-order valence-corrected chi connectivity index (χ3v) is 4.57. The van der Waals surface area contributed by atoms with E-state index >= 15 is 0 Å². The summed E-state index contributed by atoms with van der Waals surface area (Å²) < 4.78 is 33.2. The number of hydrogen-bond acceptors (Lipinski definition) is 3. The molecule has 0 saturated carbocycles. The number of aryl methyl sites for hydroxylation is 2. The number of benzene rings is 2. The molecule has 1 N–H and O–H groups in total. The highest BCUT2D eigenvalue weighted by Gasteiger charge is 2.18. The first-order valence-electron chi connectivity index (χ1n) is 6.76. The number of rotatable bonds is 5. The largest absolute Gasteiger partial charge is 0.492 e. The van der Waals surface area contributed by atoms with Crippen molar-refractivity contribution in [3.8, 4) is 5.75 Å². The van der Waals surface area contributed by atoms with Crippen LogP contribution in [-0.2, 0) is 10.0 Å². The molecule has 0 spiro atoms. The molecule has 0 atom stereocenters. The molecule has 0 aliphatic carbocycles. The van der Waals surface area contributed by atoms with E-state index in [0.29, 0.717) is 23.6 Å². The Labute approximate surface area is 125 Å². The lowest BCUT2D eigenvalue weighted by Crippen LogP contribution is -2.15. The van der Waals surface area contributed by atoms with Gasteiger partial charge in [0.25, 0.3) is 10.0 Å². The summed E-state index contributed by atoms with van der Waals surface area (Å²) >= 11 is 0. The summed E-state index contributed by atoms with van der Waals surface area (Å²) in [7, 11) is -3.64. The van der Waals surface area contributed by atoms with Crippen molar-refractivity contribution in [2.75, 3.05) is 11.3 Å². The van der Waals surface area contributed by atoms with Crippen LogP contribution in [0.4, 0.5) is 5.69 Å². The van der Waals surface area contributed by atoms with Gasteiger partial charge in [0.2, 0.25) is 0 Å². The van der Waals surface area contributed by atoms with Crippen LogP contribution in [0.25, 0.3) is 0 Å². The van der Waals surface area contributed by atoms with E-state index < -0.39 is 10.0 Å². The van der Waals surface area contributed by atoms with Crippen LogP contribution in [0.2, 0.25) is 0 Å². The zero-order valence-electron chi connectivity index (χ0n) is 12.4. The van der Waals surface area contributed by atoms with Gasteiger partial charge in [-0.15, -0.1) is 0 Å². The molecule has 0 aliphatic heterocycles. The second-order valence-electron chi connectivity index (χ2n) is 4.80. The third kappa shape index (κ3) is 3.55. The van der Waals surface area contributed by atoms with E-state index in [0.717, 1.165) is 5.56 Å². The van der Waals surface area contributed by atoms with Gasteiger partial charge in [0, 0.05) is 0 Å². The molecule has 0 fully saturated rings. The summed E-state index contributed by atoms with van der Waals surface area (Å²) in [5, 5.41) is 0. The molecular formula is C16H19NO3S. The van der Waals surface area contributed by atoms with Gasteiger partial charge in [-0.1, -0.05) is 24.3 Å². The second-order valence-corrected chi connectivity index (χ2v) is 6.45. The summed E-state index contributed by atoms with van der Waals surface area (Å²) in [5.74, 6) is 0.522. The van der Waals surface area contributed by atoms with Crippen LogP contribution in [0.3, 0.4) is 0 Å². The van der Waals surface area contributed by atoms with Crippen LogP contribution in [0.5, 0.6) is 5.75 Å². The standard InChI is InChI=1S/C16H19NO3S/c1-4-20-15-8-6-5-7-14(15)17-21(18,19)16-11-12(2)9-10-13(16)3/h5-11,17H,4H2,1-3H3. The minimum atomic E-state index is -3.64. The fourth-order valence-electron chi connectivity index (χ4n) is 2.03. The Balaban J connectivity index is 2.40. The highest BCUT2D eigenvalue weighted by molar-refractivity contribution is 7.92. The Bertz CT molecular complexity index is 739. The van der Waals surface area contributed by atoms with Crippen LogP contribution < -0.4 is 9.46 Å². The van der Waals surface area contributed by atoms with Gasteiger partial charge in [-0.05, 0) is 50.1 Å². The Kier molecular flexibility index (Phi) is 4.53. The summed E-state index contributed by atoms with van der Waals surface area (Å²) in [6.07, 6.45) is 0. The van der Waals surface area contributed by atoms with Crippen molar-refractivity contribution >= 4 is 15.7 Å². The van der Waals surface area contributed by atoms with Crippen molar-refractivity contribution in [1.29, 1.82) is 0 Å². The van der Waals surface area contributed by atoms with E-state index in [-0.39, 0.29) is 4.90 Å². The third-order valence-electron chi connectivity index (χ3n) is 3.06. The fourth-order valence-corrected chi connectivity index (χ4v) is 3.43. The molecule has 2 aromatic carbocycles. The van der Waals surface area contributed by atoms with E-state index in [9.17, 15) is 8.42 Å². The molecule has 4 nitrogen and oxygen atoms in total. The first kappa shape index (κ1) is 15.4. The van der Waals surface area contributed by atoms with Crippen molar-refractivity contribution in [2.45, 2.75) is 25.7 Å². The monoisotopic (exact) mass is 305 g/mol. The van der Waals surface area contributed by atoms with Crippen molar-refractivity contribution in [3.63, 3.8) is 0 Å². The average Bonchev–Trinajstić information content (AvgIpc) is 2.43. The molecule has 0 heterocycles. The maximum Gasteiger partial charge on any atom is 0.262 e. The zero-order chi connectivity index (χ0) is 15.5. The Morgan fingerprint density at radius 3 is 2.52 bits per heavy atom. The molecule has 0 unspecified atom stereocenters. The molecule has 0 aliphatic rings. The maximum absolute atomic E-state index is 12.6. The molecule has 112 valence electrons. The van der Waals surface area contributed by atoms with E-state index in [4.69, 9.17) is 4.74 Å². The number of ether oxygens (including phenoxy) is 1. The average molecular weight is 305 g/mol. The van der Waals surface area contributed by atoms with Gasteiger partial charge in [0.05, 0.1) is 17.2 Å². The highest BCUT2D eigenvalue weighted by atomic mass is 32.2. The van der Waals surface area contributed by atoms with Gasteiger partial charge in [0.15, 0.2) is 0 Å². The zero-order valence-corrected chi connectivity index (χ0v) is 13.2. The molecular weight excluding hydrogens is 286 g/mol. The first-order chi connectivity index (χ1) is 9.94. The molecule has 21 heavy (non-hydrogen) atoms. The minimum Gasteiger partial charge on any atom is -0.492 e. The summed E-state index contributed by atoms with van der Waals surface area (Å²) in [6, 6.07) is 12.4. The SMILES string of the molecule is CCOc1ccccc1NS(=O)(=O)c1cc(C)ccc1C. The van der Waals surface area contributed by atoms with Crippen LogP contribution in [0, 0.1) is 13.8 Å². The molecule has 2 rings (SSSR count). The van der Waals surface area contributed by atoms with Crippen molar-refractivity contribution in [1.82, 2.24) is 0 Å². The van der Waals surface area contributed by atoms with E-state index in [2.05, 4.69) is 4.72 Å². The van der Waals surface area contributed by atoms with Crippen LogP contribution in [0.1, 0.15) is 18.1 Å². The molecule has 5 heteroatoms. The number of para-hydroxylation sites is 2. The molecule has 0 radical (unpaired) electrons. The number of sulfonamides is 1. The van der Waals surface area contributed by atoms with Gasteiger partial charge in [-0.2, -0.15) is 0 Å². The molecule has 0 bridgehead atoms. The fraction of sp³-hybridized carbons (Fsp3) is 0.250. The van der Waals surface area contributed by atoms with Gasteiger partial charge >= 0.3 is 0 Å². The van der Waals surface area contributed by atoms with Gasteiger partial charge in [-0.3, -0.25) is 4.72 Å². The quantitative estimate of drug-likeness (QED) is 0.919. The van der Waals surface area contributed by atoms with Crippen molar-refractivity contribution in [2.24, 2.45) is 0 Å². The summed E-state index contributed by atoms with van der Waals surface area (Å²) in [6.45, 7) is 5.98. The van der Waals surface area contributed by atoms with Crippen molar-refractivity contribution < 1.29 is 13.2 Å². The van der Waals surface area contributed by atoms with Gasteiger partial charge < -0.3 is 4.74 Å². The predicted molar refractivity (Wildman–Crippen MR) is 84.3 cm³/mol. The molecule has 2 aromatic rings. The Hall–Kier alpha value is -2.01. The van der Waals surface area contributed by atoms with E-state index in [1.807, 2.05) is 19.9 Å². The predicted octanol–water partition coefficient (Wildman–Crippen LogP) is 3.50. The lowest BCUT2D eigenvalue weighted by Gasteiger charge is -2.14. The maximum atomic E-state index is 12.6. The lowest BCUT2D eigenvalue weighted by atomic mass is 10.2. The van der Waals surface area contributed by atoms with Gasteiger partial charge in [0.1, 0.15) is 5.75 Å². The van der Waals surface area contributed by atoms with Crippen LogP contribution in [-0.4, -0.2) is 15.0 Å². The van der Waals surface area contributed by atoms with E-state index in [1.165, 1.54) is 0 Å². The first-order valence-corrected chi connectivity index (χ1v) is 8.24. The molecule has 0 aromatic heterocycles. The number of anilines is 1. The topological polar surface area (TPSA) is 55.4 Å². The number of nitrogens with one attached hydrogen (secondary N) is 1. The Morgan fingerprint density at radius 1 is 1.10 bits per heavy atom. The lowest BCUT2D eigenvalue weighted by molar-refractivity contribution is 0.342. The van der Waals surface area contributed by atoms with Crippen LogP contribution >= 0.6 is 0 Å². The van der Waals surface area contributed by atoms with E-state index in [1.54, 1.807) is 43.3 Å². The molecule has 0 saturated heterocycles. The minimum absolute atomic E-state index is 0.286. The molecule has 0 amide bonds. The summed E-state index contributed by atoms with van der Waals surface area (Å²) in [4.78, 5) is 0.286. The second kappa shape index (κ2) is 6.18. The normalized spacial score (nSPS) is 11.2. The highest BCUT2D eigenvalue weighted by Crippen LogP contribution is 2.27. The summed E-state index contributed by atoms with van der Waals surface area (Å²) in [5.41, 5.74) is 2.06.